The lowest BCUT2D eigenvalue weighted by Gasteiger charge is -2.32. The summed E-state index contributed by atoms with van der Waals surface area (Å²) in [6, 6.07) is 12.0. The van der Waals surface area contributed by atoms with Crippen molar-refractivity contribution in [3.8, 4) is 0 Å². The summed E-state index contributed by atoms with van der Waals surface area (Å²) in [5, 5.41) is 3.83. The lowest BCUT2D eigenvalue weighted by atomic mass is 9.89. The maximum Gasteiger partial charge on any atom is 0.253 e. The molecule has 1 amide bonds. The zero-order valence-corrected chi connectivity index (χ0v) is 17.1. The molecule has 0 aliphatic carbocycles. The van der Waals surface area contributed by atoms with Gasteiger partial charge in [0.25, 0.3) is 5.91 Å². The van der Waals surface area contributed by atoms with E-state index in [9.17, 15) is 4.79 Å². The number of nitrogens with zero attached hydrogens (tertiary/aromatic N) is 2. The largest absolute Gasteiger partial charge is 0.350 e. The van der Waals surface area contributed by atoms with E-state index >= 15 is 0 Å². The molecule has 2 heterocycles. The standard InChI is InChI=1S/C22H28ClN3O/c1-15(2)24-22(27)19-9-8-16(3)25-21(19)17-10-12-26(13-11-17)14-18-6-4-5-7-20(18)23/h4-9,15,17H,10-14H2,1-3H3,(H,24,27). The molecule has 1 fully saturated rings. The summed E-state index contributed by atoms with van der Waals surface area (Å²) in [6.07, 6.45) is 2.01. The minimum atomic E-state index is -0.0222. The number of rotatable bonds is 5. The van der Waals surface area contributed by atoms with Gasteiger partial charge in [-0.3, -0.25) is 14.7 Å². The Hall–Kier alpha value is -1.91. The quantitative estimate of drug-likeness (QED) is 0.820. The molecule has 3 rings (SSSR count). The molecule has 0 atom stereocenters. The number of piperidine rings is 1. The highest BCUT2D eigenvalue weighted by atomic mass is 35.5. The molecule has 0 radical (unpaired) electrons. The van der Waals surface area contributed by atoms with Crippen molar-refractivity contribution in [2.45, 2.75) is 52.1 Å². The molecule has 0 unspecified atom stereocenters. The summed E-state index contributed by atoms with van der Waals surface area (Å²) in [4.78, 5) is 19.8. The fourth-order valence-corrected chi connectivity index (χ4v) is 3.85. The van der Waals surface area contributed by atoms with Crippen molar-refractivity contribution >= 4 is 17.5 Å². The first kappa shape index (κ1) is 19.8. The van der Waals surface area contributed by atoms with Crippen LogP contribution in [0.15, 0.2) is 36.4 Å². The van der Waals surface area contributed by atoms with Crippen LogP contribution in [-0.4, -0.2) is 34.9 Å². The van der Waals surface area contributed by atoms with Crippen LogP contribution in [0.1, 0.15) is 59.9 Å². The number of aryl methyl sites for hydroxylation is 1. The van der Waals surface area contributed by atoms with E-state index < -0.39 is 0 Å². The minimum Gasteiger partial charge on any atom is -0.350 e. The molecule has 144 valence electrons. The Kier molecular flexibility index (Phi) is 6.51. The van der Waals surface area contributed by atoms with Gasteiger partial charge in [0, 0.05) is 29.2 Å². The SMILES string of the molecule is Cc1ccc(C(=O)NC(C)C)c(C2CCN(Cc3ccccc3Cl)CC2)n1. The first-order chi connectivity index (χ1) is 12.9. The van der Waals surface area contributed by atoms with Crippen LogP contribution in [0.4, 0.5) is 0 Å². The molecule has 0 spiro atoms. The van der Waals surface area contributed by atoms with Crippen molar-refractivity contribution in [3.63, 3.8) is 0 Å². The first-order valence-electron chi connectivity index (χ1n) is 9.68. The Balaban J connectivity index is 1.69. The zero-order chi connectivity index (χ0) is 19.4. The molecule has 0 bridgehead atoms. The number of hydrogen-bond donors (Lipinski definition) is 1. The van der Waals surface area contributed by atoms with Gasteiger partial charge in [-0.25, -0.2) is 0 Å². The molecule has 1 aliphatic heterocycles. The van der Waals surface area contributed by atoms with E-state index in [1.807, 2.05) is 51.1 Å². The molecule has 1 aromatic heterocycles. The number of pyridine rings is 1. The van der Waals surface area contributed by atoms with Crippen molar-refractivity contribution < 1.29 is 4.79 Å². The van der Waals surface area contributed by atoms with Gasteiger partial charge in [-0.15, -0.1) is 0 Å². The Bertz CT molecular complexity index is 798. The molecule has 1 N–H and O–H groups in total. The Morgan fingerprint density at radius 3 is 2.59 bits per heavy atom. The Morgan fingerprint density at radius 2 is 1.93 bits per heavy atom. The third-order valence-electron chi connectivity index (χ3n) is 5.05. The van der Waals surface area contributed by atoms with E-state index in [-0.39, 0.29) is 11.9 Å². The average Bonchev–Trinajstić information content (AvgIpc) is 2.63. The third kappa shape index (κ3) is 5.08. The number of halogens is 1. The van der Waals surface area contributed by atoms with Crippen LogP contribution in [0.25, 0.3) is 0 Å². The van der Waals surface area contributed by atoms with Gasteiger partial charge in [0.05, 0.1) is 11.3 Å². The number of nitrogens with one attached hydrogen (secondary N) is 1. The number of hydrogen-bond acceptors (Lipinski definition) is 3. The van der Waals surface area contributed by atoms with Gasteiger partial charge in [-0.2, -0.15) is 0 Å². The number of amides is 1. The van der Waals surface area contributed by atoms with E-state index in [1.165, 1.54) is 5.56 Å². The number of likely N-dealkylation sites (tertiary alicyclic amines) is 1. The third-order valence-corrected chi connectivity index (χ3v) is 5.42. The predicted molar refractivity (Wildman–Crippen MR) is 110 cm³/mol. The molecule has 1 aromatic carbocycles. The summed E-state index contributed by atoms with van der Waals surface area (Å²) in [5.74, 6) is 0.298. The molecule has 2 aromatic rings. The molecule has 4 nitrogen and oxygen atoms in total. The van der Waals surface area contributed by atoms with E-state index in [0.29, 0.717) is 5.92 Å². The fourth-order valence-electron chi connectivity index (χ4n) is 3.65. The van der Waals surface area contributed by atoms with Crippen molar-refractivity contribution in [2.75, 3.05) is 13.1 Å². The Labute approximate surface area is 166 Å². The lowest BCUT2D eigenvalue weighted by molar-refractivity contribution is 0.0940. The second kappa shape index (κ2) is 8.85. The highest BCUT2D eigenvalue weighted by molar-refractivity contribution is 6.31. The minimum absolute atomic E-state index is 0.0222. The number of benzene rings is 1. The molecule has 27 heavy (non-hydrogen) atoms. The molecule has 5 heteroatoms. The van der Waals surface area contributed by atoms with Crippen LogP contribution < -0.4 is 5.32 Å². The van der Waals surface area contributed by atoms with Crippen LogP contribution in [0.3, 0.4) is 0 Å². The van der Waals surface area contributed by atoms with E-state index in [0.717, 1.165) is 54.4 Å². The fraction of sp³-hybridized carbons (Fsp3) is 0.455. The van der Waals surface area contributed by atoms with Gasteiger partial charge >= 0.3 is 0 Å². The van der Waals surface area contributed by atoms with Crippen LogP contribution in [-0.2, 0) is 6.54 Å². The second-order valence-electron chi connectivity index (χ2n) is 7.66. The van der Waals surface area contributed by atoms with Gasteiger partial charge < -0.3 is 5.32 Å². The van der Waals surface area contributed by atoms with Gasteiger partial charge in [-0.1, -0.05) is 29.8 Å². The van der Waals surface area contributed by atoms with Crippen LogP contribution >= 0.6 is 11.6 Å². The summed E-state index contributed by atoms with van der Waals surface area (Å²) in [6.45, 7) is 8.78. The van der Waals surface area contributed by atoms with Crippen LogP contribution in [0.5, 0.6) is 0 Å². The van der Waals surface area contributed by atoms with Gasteiger partial charge in [-0.05, 0) is 70.5 Å². The summed E-state index contributed by atoms with van der Waals surface area (Å²) in [5.41, 5.74) is 3.80. The molecule has 1 saturated heterocycles. The predicted octanol–water partition coefficient (Wildman–Crippen LogP) is 4.56. The van der Waals surface area contributed by atoms with Crippen molar-refractivity contribution in [2.24, 2.45) is 0 Å². The zero-order valence-electron chi connectivity index (χ0n) is 16.3. The van der Waals surface area contributed by atoms with Crippen molar-refractivity contribution in [3.05, 3.63) is 63.9 Å². The maximum absolute atomic E-state index is 12.6. The topological polar surface area (TPSA) is 45.2 Å². The van der Waals surface area contributed by atoms with Crippen molar-refractivity contribution in [1.82, 2.24) is 15.2 Å². The van der Waals surface area contributed by atoms with Gasteiger partial charge in [0.1, 0.15) is 0 Å². The number of carbonyl (C=O) groups is 1. The maximum atomic E-state index is 12.6. The van der Waals surface area contributed by atoms with E-state index in [1.54, 1.807) is 0 Å². The van der Waals surface area contributed by atoms with E-state index in [2.05, 4.69) is 16.3 Å². The summed E-state index contributed by atoms with van der Waals surface area (Å²) >= 11 is 6.30. The average molecular weight is 386 g/mol. The van der Waals surface area contributed by atoms with Crippen molar-refractivity contribution in [1.29, 1.82) is 0 Å². The highest BCUT2D eigenvalue weighted by Gasteiger charge is 2.26. The first-order valence-corrected chi connectivity index (χ1v) is 10.1. The smallest absolute Gasteiger partial charge is 0.253 e. The molecular weight excluding hydrogens is 358 g/mol. The Morgan fingerprint density at radius 1 is 1.22 bits per heavy atom. The lowest BCUT2D eigenvalue weighted by Crippen LogP contribution is -2.35. The van der Waals surface area contributed by atoms with Crippen LogP contribution in [0, 0.1) is 6.92 Å². The normalized spacial score (nSPS) is 15.9. The van der Waals surface area contributed by atoms with Gasteiger partial charge in [0.15, 0.2) is 0 Å². The molecule has 0 saturated carbocycles. The molecule has 1 aliphatic rings. The van der Waals surface area contributed by atoms with Gasteiger partial charge in [0.2, 0.25) is 0 Å². The van der Waals surface area contributed by atoms with E-state index in [4.69, 9.17) is 16.6 Å². The monoisotopic (exact) mass is 385 g/mol. The highest BCUT2D eigenvalue weighted by Crippen LogP contribution is 2.30. The second-order valence-corrected chi connectivity index (χ2v) is 8.06. The summed E-state index contributed by atoms with van der Waals surface area (Å²) < 4.78 is 0. The number of carbonyl (C=O) groups excluding carboxylic acids is 1. The summed E-state index contributed by atoms with van der Waals surface area (Å²) in [7, 11) is 0. The van der Waals surface area contributed by atoms with Crippen LogP contribution in [0.2, 0.25) is 5.02 Å². The number of aromatic nitrogens is 1. The molecular formula is C22H28ClN3O.